The van der Waals surface area contributed by atoms with E-state index in [0.29, 0.717) is 5.56 Å². The Labute approximate surface area is 149 Å². The number of carbonyl (C=O) groups excluding carboxylic acids is 1. The van der Waals surface area contributed by atoms with Crippen LogP contribution in [0.25, 0.3) is 5.57 Å². The molecule has 2 aromatic rings. The zero-order valence-electron chi connectivity index (χ0n) is 14.8. The number of carbonyl (C=O) groups is 1. The Bertz CT molecular complexity index is 829. The predicted octanol–water partition coefficient (Wildman–Crippen LogP) is 5.95. The summed E-state index contributed by atoms with van der Waals surface area (Å²) in [5.74, 6) is -0.133. The lowest BCUT2D eigenvalue weighted by Crippen LogP contribution is -2.13. The van der Waals surface area contributed by atoms with Gasteiger partial charge in [0.25, 0.3) is 5.91 Å². The van der Waals surface area contributed by atoms with Gasteiger partial charge in [0.05, 0.1) is 0 Å². The van der Waals surface area contributed by atoms with Gasteiger partial charge in [-0.1, -0.05) is 73.4 Å². The maximum Gasteiger partial charge on any atom is 0.255 e. The number of amides is 1. The standard InChI is InChI=1S/C23H23NO/c1-5-10-20(18(6-2)7-3)21-11-8-9-12-22(21)24-23(25)19-15-13-17(4)14-16-19/h5-16H,2-3H2,1,4H3,(H,24,25)/b10-5-. The summed E-state index contributed by atoms with van der Waals surface area (Å²) in [7, 11) is 0. The van der Waals surface area contributed by atoms with Gasteiger partial charge in [-0.25, -0.2) is 0 Å². The van der Waals surface area contributed by atoms with Crippen molar-refractivity contribution in [2.24, 2.45) is 0 Å². The second-order valence-corrected chi connectivity index (χ2v) is 5.64. The van der Waals surface area contributed by atoms with Gasteiger partial charge in [0.15, 0.2) is 0 Å². The van der Waals surface area contributed by atoms with Gasteiger partial charge in [-0.15, -0.1) is 0 Å². The van der Waals surface area contributed by atoms with E-state index in [1.807, 2.05) is 74.5 Å². The molecule has 0 aliphatic rings. The molecule has 0 saturated carbocycles. The van der Waals surface area contributed by atoms with Crippen LogP contribution in [0, 0.1) is 6.92 Å². The molecule has 0 saturated heterocycles. The number of hydrogen-bond donors (Lipinski definition) is 1. The summed E-state index contributed by atoms with van der Waals surface area (Å²) < 4.78 is 0. The molecule has 0 aliphatic heterocycles. The van der Waals surface area contributed by atoms with E-state index in [1.165, 1.54) is 0 Å². The van der Waals surface area contributed by atoms with Gasteiger partial charge in [-0.05, 0) is 43.2 Å². The van der Waals surface area contributed by atoms with E-state index < -0.39 is 0 Å². The zero-order chi connectivity index (χ0) is 18.2. The molecule has 0 heterocycles. The van der Waals surface area contributed by atoms with Crippen LogP contribution >= 0.6 is 0 Å². The van der Waals surface area contributed by atoms with Crippen molar-refractivity contribution in [3.05, 3.63) is 108 Å². The summed E-state index contributed by atoms with van der Waals surface area (Å²) in [6.07, 6.45) is 7.48. The van der Waals surface area contributed by atoms with Crippen molar-refractivity contribution < 1.29 is 4.79 Å². The fourth-order valence-electron chi connectivity index (χ4n) is 2.54. The first-order chi connectivity index (χ1) is 12.1. The Morgan fingerprint density at radius 1 is 1.00 bits per heavy atom. The summed E-state index contributed by atoms with van der Waals surface area (Å²) in [6.45, 7) is 11.7. The van der Waals surface area contributed by atoms with Gasteiger partial charge in [0.2, 0.25) is 0 Å². The first-order valence-corrected chi connectivity index (χ1v) is 8.20. The van der Waals surface area contributed by atoms with Crippen molar-refractivity contribution in [3.63, 3.8) is 0 Å². The number of aryl methyl sites for hydroxylation is 1. The zero-order valence-corrected chi connectivity index (χ0v) is 14.8. The van der Waals surface area contributed by atoms with Gasteiger partial charge in [0, 0.05) is 16.8 Å². The van der Waals surface area contributed by atoms with Crippen molar-refractivity contribution >= 4 is 17.2 Å². The van der Waals surface area contributed by atoms with Gasteiger partial charge in [0.1, 0.15) is 0 Å². The highest BCUT2D eigenvalue weighted by Gasteiger charge is 2.12. The lowest BCUT2D eigenvalue weighted by atomic mass is 9.97. The second kappa shape index (κ2) is 8.65. The average Bonchev–Trinajstić information content (AvgIpc) is 2.63. The summed E-state index contributed by atoms with van der Waals surface area (Å²) in [6, 6.07) is 15.2. The van der Waals surface area contributed by atoms with Crippen LogP contribution in [-0.2, 0) is 0 Å². The summed E-state index contributed by atoms with van der Waals surface area (Å²) in [5, 5.41) is 3.01. The fourth-order valence-corrected chi connectivity index (χ4v) is 2.54. The van der Waals surface area contributed by atoms with Crippen LogP contribution in [0.15, 0.2) is 91.6 Å². The quantitative estimate of drug-likeness (QED) is 0.652. The molecular weight excluding hydrogens is 306 g/mol. The molecule has 2 aromatic carbocycles. The van der Waals surface area contributed by atoms with Gasteiger partial charge in [-0.2, -0.15) is 0 Å². The molecule has 1 N–H and O–H groups in total. The van der Waals surface area contributed by atoms with Crippen LogP contribution in [0.3, 0.4) is 0 Å². The molecule has 2 heteroatoms. The lowest BCUT2D eigenvalue weighted by Gasteiger charge is -2.14. The Balaban J connectivity index is 2.45. The third kappa shape index (κ3) is 4.45. The molecule has 0 radical (unpaired) electrons. The molecule has 25 heavy (non-hydrogen) atoms. The minimum Gasteiger partial charge on any atom is -0.321 e. The number of anilines is 1. The van der Waals surface area contributed by atoms with E-state index in [0.717, 1.165) is 28.0 Å². The minimum atomic E-state index is -0.133. The van der Waals surface area contributed by atoms with Crippen LogP contribution in [0.2, 0.25) is 0 Å². The van der Waals surface area contributed by atoms with E-state index in [9.17, 15) is 4.79 Å². The van der Waals surface area contributed by atoms with E-state index in [4.69, 9.17) is 0 Å². The number of para-hydroxylation sites is 1. The lowest BCUT2D eigenvalue weighted by molar-refractivity contribution is 0.102. The normalized spacial score (nSPS) is 10.3. The smallest absolute Gasteiger partial charge is 0.255 e. The highest BCUT2D eigenvalue weighted by Crippen LogP contribution is 2.29. The predicted molar refractivity (Wildman–Crippen MR) is 108 cm³/mol. The largest absolute Gasteiger partial charge is 0.321 e. The molecule has 2 rings (SSSR count). The minimum absolute atomic E-state index is 0.133. The monoisotopic (exact) mass is 329 g/mol. The molecule has 0 fully saturated rings. The fraction of sp³-hybridized carbons (Fsp3) is 0.0870. The highest BCUT2D eigenvalue weighted by molar-refractivity contribution is 6.06. The van der Waals surface area contributed by atoms with Crippen LogP contribution in [0.4, 0.5) is 5.69 Å². The Morgan fingerprint density at radius 3 is 2.24 bits per heavy atom. The molecule has 0 spiro atoms. The van der Waals surface area contributed by atoms with Crippen molar-refractivity contribution in [1.29, 1.82) is 0 Å². The molecule has 0 aliphatic carbocycles. The van der Waals surface area contributed by atoms with E-state index in [-0.39, 0.29) is 5.91 Å². The number of allylic oxidation sites excluding steroid dienone is 6. The first kappa shape index (κ1) is 18.2. The molecular formula is C23H23NO. The molecule has 0 unspecified atom stereocenters. The van der Waals surface area contributed by atoms with Crippen molar-refractivity contribution in [3.8, 4) is 0 Å². The number of rotatable bonds is 6. The molecule has 0 bridgehead atoms. The molecule has 2 nitrogen and oxygen atoms in total. The van der Waals surface area contributed by atoms with Crippen molar-refractivity contribution in [2.75, 3.05) is 5.32 Å². The third-order valence-electron chi connectivity index (χ3n) is 3.86. The molecule has 0 atom stereocenters. The molecule has 126 valence electrons. The number of nitrogens with one attached hydrogen (secondary N) is 1. The topological polar surface area (TPSA) is 29.1 Å². The maximum absolute atomic E-state index is 12.6. The highest BCUT2D eigenvalue weighted by atomic mass is 16.1. The number of benzene rings is 2. The van der Waals surface area contributed by atoms with Crippen molar-refractivity contribution in [2.45, 2.75) is 13.8 Å². The summed E-state index contributed by atoms with van der Waals surface area (Å²) in [5.41, 5.74) is 5.31. The van der Waals surface area contributed by atoms with Crippen LogP contribution in [0.5, 0.6) is 0 Å². The average molecular weight is 329 g/mol. The van der Waals surface area contributed by atoms with Gasteiger partial charge < -0.3 is 5.32 Å². The Hall–Kier alpha value is -3.13. The molecule has 0 aromatic heterocycles. The van der Waals surface area contributed by atoms with Gasteiger partial charge in [-0.3, -0.25) is 4.79 Å². The number of hydrogen-bond acceptors (Lipinski definition) is 1. The van der Waals surface area contributed by atoms with Crippen LogP contribution in [-0.4, -0.2) is 5.91 Å². The molecule has 1 amide bonds. The van der Waals surface area contributed by atoms with Crippen molar-refractivity contribution in [1.82, 2.24) is 0 Å². The summed E-state index contributed by atoms with van der Waals surface area (Å²) >= 11 is 0. The SMILES string of the molecule is C=CC(C=C)=C(/C=C\C)c1ccccc1NC(=O)c1ccc(C)cc1. The van der Waals surface area contributed by atoms with Crippen LogP contribution in [0.1, 0.15) is 28.4 Å². The summed E-state index contributed by atoms with van der Waals surface area (Å²) in [4.78, 5) is 12.6. The van der Waals surface area contributed by atoms with E-state index in [2.05, 4.69) is 18.5 Å². The Morgan fingerprint density at radius 2 is 1.64 bits per heavy atom. The van der Waals surface area contributed by atoms with Gasteiger partial charge >= 0.3 is 0 Å². The maximum atomic E-state index is 12.6. The van der Waals surface area contributed by atoms with E-state index >= 15 is 0 Å². The second-order valence-electron chi connectivity index (χ2n) is 5.64. The van der Waals surface area contributed by atoms with Crippen LogP contribution < -0.4 is 5.32 Å². The van der Waals surface area contributed by atoms with E-state index in [1.54, 1.807) is 12.2 Å². The Kier molecular flexibility index (Phi) is 6.30. The third-order valence-corrected chi connectivity index (χ3v) is 3.86. The first-order valence-electron chi connectivity index (χ1n) is 8.20.